The lowest BCUT2D eigenvalue weighted by Crippen LogP contribution is -2.05. The van der Waals surface area contributed by atoms with E-state index in [1.165, 1.54) is 17.1 Å². The van der Waals surface area contributed by atoms with Gasteiger partial charge in [-0.1, -0.05) is 0 Å². The minimum Gasteiger partial charge on any atom is -0.478 e. The lowest BCUT2D eigenvalue weighted by atomic mass is 10.1. The SMILES string of the molecule is Nc1cc(C(=O)O)c(F)cc1-n1ccnc1. The molecule has 0 saturated heterocycles. The van der Waals surface area contributed by atoms with Crippen LogP contribution in [0.5, 0.6) is 0 Å². The van der Waals surface area contributed by atoms with Gasteiger partial charge in [0.15, 0.2) is 0 Å². The van der Waals surface area contributed by atoms with Crippen molar-refractivity contribution in [1.82, 2.24) is 9.55 Å². The highest BCUT2D eigenvalue weighted by atomic mass is 19.1. The van der Waals surface area contributed by atoms with E-state index in [-0.39, 0.29) is 5.69 Å². The number of nitrogens with zero attached hydrogens (tertiary/aromatic N) is 2. The molecule has 0 aliphatic carbocycles. The number of hydrogen-bond acceptors (Lipinski definition) is 3. The van der Waals surface area contributed by atoms with Gasteiger partial charge in [-0.3, -0.25) is 0 Å². The standard InChI is InChI=1S/C10H8FN3O2/c11-7-4-9(14-2-1-13-5-14)8(12)3-6(7)10(15)16/h1-5H,12H2,(H,15,16). The van der Waals surface area contributed by atoms with E-state index in [4.69, 9.17) is 10.8 Å². The van der Waals surface area contributed by atoms with Crippen molar-refractivity contribution in [2.45, 2.75) is 0 Å². The molecule has 0 spiro atoms. The van der Waals surface area contributed by atoms with Crippen LogP contribution in [0.15, 0.2) is 30.9 Å². The van der Waals surface area contributed by atoms with Crippen molar-refractivity contribution < 1.29 is 14.3 Å². The molecule has 0 amide bonds. The van der Waals surface area contributed by atoms with E-state index in [9.17, 15) is 9.18 Å². The molecule has 2 aromatic rings. The second-order valence-corrected chi connectivity index (χ2v) is 3.17. The second kappa shape index (κ2) is 3.65. The van der Waals surface area contributed by atoms with Gasteiger partial charge in [0.25, 0.3) is 0 Å². The number of benzene rings is 1. The molecule has 0 aliphatic rings. The molecule has 1 aromatic heterocycles. The molecule has 82 valence electrons. The number of aromatic nitrogens is 2. The van der Waals surface area contributed by atoms with Crippen molar-refractivity contribution in [1.29, 1.82) is 0 Å². The smallest absolute Gasteiger partial charge is 0.338 e. The number of carbonyl (C=O) groups is 1. The molecule has 0 aliphatic heterocycles. The number of imidazole rings is 1. The van der Waals surface area contributed by atoms with Crippen LogP contribution in [0.25, 0.3) is 5.69 Å². The number of carboxylic acid groups (broad SMARTS) is 1. The fraction of sp³-hybridized carbons (Fsp3) is 0. The maximum absolute atomic E-state index is 13.4. The molecule has 0 unspecified atom stereocenters. The van der Waals surface area contributed by atoms with Crippen molar-refractivity contribution in [3.8, 4) is 5.69 Å². The van der Waals surface area contributed by atoms with E-state index in [0.717, 1.165) is 12.1 Å². The molecule has 6 heteroatoms. The first-order chi connectivity index (χ1) is 7.59. The Hall–Kier alpha value is -2.37. The van der Waals surface area contributed by atoms with Gasteiger partial charge in [-0.25, -0.2) is 14.2 Å². The Kier molecular flexibility index (Phi) is 2.32. The number of nitrogen functional groups attached to an aromatic ring is 1. The van der Waals surface area contributed by atoms with E-state index < -0.39 is 17.3 Å². The number of carboxylic acids is 1. The molecular weight excluding hydrogens is 213 g/mol. The molecule has 5 nitrogen and oxygen atoms in total. The topological polar surface area (TPSA) is 81.1 Å². The van der Waals surface area contributed by atoms with E-state index in [0.29, 0.717) is 5.69 Å². The summed E-state index contributed by atoms with van der Waals surface area (Å²) in [6, 6.07) is 2.16. The van der Waals surface area contributed by atoms with E-state index >= 15 is 0 Å². The summed E-state index contributed by atoms with van der Waals surface area (Å²) in [5.74, 6) is -2.17. The zero-order valence-electron chi connectivity index (χ0n) is 8.09. The van der Waals surface area contributed by atoms with Crippen molar-refractivity contribution >= 4 is 11.7 Å². The van der Waals surface area contributed by atoms with E-state index in [1.807, 2.05) is 0 Å². The third-order valence-electron chi connectivity index (χ3n) is 2.13. The van der Waals surface area contributed by atoms with Crippen molar-refractivity contribution in [3.05, 3.63) is 42.2 Å². The van der Waals surface area contributed by atoms with Crippen molar-refractivity contribution in [2.24, 2.45) is 0 Å². The van der Waals surface area contributed by atoms with Crippen LogP contribution in [0.1, 0.15) is 10.4 Å². The number of nitrogens with two attached hydrogens (primary N) is 1. The molecule has 2 rings (SSSR count). The minimum absolute atomic E-state index is 0.178. The first-order valence-corrected chi connectivity index (χ1v) is 4.40. The quantitative estimate of drug-likeness (QED) is 0.749. The zero-order valence-corrected chi connectivity index (χ0v) is 8.09. The van der Waals surface area contributed by atoms with Crippen LogP contribution in [-0.2, 0) is 0 Å². The summed E-state index contributed by atoms with van der Waals surface area (Å²) < 4.78 is 14.9. The highest BCUT2D eigenvalue weighted by Gasteiger charge is 2.14. The van der Waals surface area contributed by atoms with Crippen LogP contribution in [0.2, 0.25) is 0 Å². The maximum atomic E-state index is 13.4. The third-order valence-corrected chi connectivity index (χ3v) is 2.13. The summed E-state index contributed by atoms with van der Waals surface area (Å²) in [5.41, 5.74) is 5.74. The predicted octanol–water partition coefficient (Wildman–Crippen LogP) is 1.29. The maximum Gasteiger partial charge on any atom is 0.338 e. The van der Waals surface area contributed by atoms with Gasteiger partial charge in [-0.15, -0.1) is 0 Å². The summed E-state index contributed by atoms with van der Waals surface area (Å²) in [6.45, 7) is 0. The normalized spacial score (nSPS) is 10.3. The largest absolute Gasteiger partial charge is 0.478 e. The number of halogens is 1. The van der Waals surface area contributed by atoms with E-state index in [1.54, 1.807) is 6.20 Å². The summed E-state index contributed by atoms with van der Waals surface area (Å²) in [7, 11) is 0. The van der Waals surface area contributed by atoms with Gasteiger partial charge in [0.1, 0.15) is 5.82 Å². The molecule has 1 aromatic carbocycles. The molecule has 0 saturated carbocycles. The summed E-state index contributed by atoms with van der Waals surface area (Å²) in [6.07, 6.45) is 4.56. The Morgan fingerprint density at radius 1 is 1.50 bits per heavy atom. The molecular formula is C10H8FN3O2. The first kappa shape index (κ1) is 10.2. The fourth-order valence-electron chi connectivity index (χ4n) is 1.37. The van der Waals surface area contributed by atoms with Crippen LogP contribution in [0.4, 0.5) is 10.1 Å². The second-order valence-electron chi connectivity index (χ2n) is 3.17. The van der Waals surface area contributed by atoms with Crippen LogP contribution in [0, 0.1) is 5.82 Å². The van der Waals surface area contributed by atoms with Gasteiger partial charge < -0.3 is 15.4 Å². The Labute approximate surface area is 90.0 Å². The molecule has 1 heterocycles. The number of aromatic carboxylic acids is 1. The Bertz CT molecular complexity index is 537. The minimum atomic E-state index is -1.35. The van der Waals surface area contributed by atoms with Crippen LogP contribution >= 0.6 is 0 Å². The average Bonchev–Trinajstić information content (AvgIpc) is 2.73. The van der Waals surface area contributed by atoms with Crippen LogP contribution in [-0.4, -0.2) is 20.6 Å². The Morgan fingerprint density at radius 2 is 2.25 bits per heavy atom. The number of anilines is 1. The Balaban J connectivity index is 2.59. The van der Waals surface area contributed by atoms with Gasteiger partial charge in [0, 0.05) is 18.5 Å². The average molecular weight is 221 g/mol. The Morgan fingerprint density at radius 3 is 2.81 bits per heavy atom. The predicted molar refractivity (Wildman–Crippen MR) is 54.9 cm³/mol. The summed E-state index contributed by atoms with van der Waals surface area (Å²) >= 11 is 0. The van der Waals surface area contributed by atoms with E-state index in [2.05, 4.69) is 4.98 Å². The van der Waals surface area contributed by atoms with Gasteiger partial charge in [-0.05, 0) is 6.07 Å². The van der Waals surface area contributed by atoms with Crippen molar-refractivity contribution in [2.75, 3.05) is 5.73 Å². The highest BCUT2D eigenvalue weighted by Crippen LogP contribution is 2.21. The first-order valence-electron chi connectivity index (χ1n) is 4.40. The summed E-state index contributed by atoms with van der Waals surface area (Å²) in [4.78, 5) is 14.5. The fourth-order valence-corrected chi connectivity index (χ4v) is 1.37. The van der Waals surface area contributed by atoms with Crippen molar-refractivity contribution in [3.63, 3.8) is 0 Å². The van der Waals surface area contributed by atoms with Gasteiger partial charge in [0.2, 0.25) is 0 Å². The lowest BCUT2D eigenvalue weighted by Gasteiger charge is -2.08. The van der Waals surface area contributed by atoms with Crippen LogP contribution < -0.4 is 5.73 Å². The highest BCUT2D eigenvalue weighted by molar-refractivity contribution is 5.90. The molecule has 0 fully saturated rings. The number of hydrogen-bond donors (Lipinski definition) is 2. The summed E-state index contributed by atoms with van der Waals surface area (Å²) in [5, 5.41) is 8.70. The number of rotatable bonds is 2. The van der Waals surface area contributed by atoms with Gasteiger partial charge in [-0.2, -0.15) is 0 Å². The third kappa shape index (κ3) is 1.60. The lowest BCUT2D eigenvalue weighted by molar-refractivity contribution is 0.0692. The molecule has 0 radical (unpaired) electrons. The molecule has 0 bridgehead atoms. The zero-order chi connectivity index (χ0) is 11.7. The molecule has 16 heavy (non-hydrogen) atoms. The molecule has 0 atom stereocenters. The van der Waals surface area contributed by atoms with Gasteiger partial charge in [0.05, 0.1) is 23.3 Å². The monoisotopic (exact) mass is 221 g/mol. The van der Waals surface area contributed by atoms with Gasteiger partial charge >= 0.3 is 5.97 Å². The molecule has 3 N–H and O–H groups in total. The van der Waals surface area contributed by atoms with Crippen LogP contribution in [0.3, 0.4) is 0 Å².